The highest BCUT2D eigenvalue weighted by Gasteiger charge is 2.13. The lowest BCUT2D eigenvalue weighted by Gasteiger charge is -2.22. The van der Waals surface area contributed by atoms with Crippen LogP contribution >= 0.6 is 11.8 Å². The van der Waals surface area contributed by atoms with Crippen molar-refractivity contribution in [2.24, 2.45) is 5.92 Å². The van der Waals surface area contributed by atoms with Crippen LogP contribution in [0.5, 0.6) is 0 Å². The van der Waals surface area contributed by atoms with Crippen molar-refractivity contribution in [1.82, 2.24) is 4.98 Å². The normalized spacial score (nSPS) is 17.3. The van der Waals surface area contributed by atoms with Gasteiger partial charge < -0.3 is 11.1 Å². The Morgan fingerprint density at radius 2 is 2.25 bits per heavy atom. The number of nitrogen functional groups attached to an aromatic ring is 1. The van der Waals surface area contributed by atoms with Gasteiger partial charge in [-0.05, 0) is 48.8 Å². The van der Waals surface area contributed by atoms with Gasteiger partial charge in [-0.1, -0.05) is 0 Å². The zero-order valence-electron chi connectivity index (χ0n) is 9.70. The van der Waals surface area contributed by atoms with Gasteiger partial charge in [-0.2, -0.15) is 11.8 Å². The van der Waals surface area contributed by atoms with Gasteiger partial charge in [-0.3, -0.25) is 0 Å². The standard InChI is InChI=1S/C12H19N3S/c1-9-6-11(13)12(14-7-9)15-8-10-2-4-16-5-3-10/h6-7,10H,2-5,8,13H2,1H3,(H,14,15). The second-order valence-corrected chi connectivity index (χ2v) is 5.61. The minimum Gasteiger partial charge on any atom is -0.396 e. The van der Waals surface area contributed by atoms with Crippen molar-refractivity contribution in [2.45, 2.75) is 19.8 Å². The van der Waals surface area contributed by atoms with Crippen molar-refractivity contribution in [1.29, 1.82) is 0 Å². The second-order valence-electron chi connectivity index (χ2n) is 4.39. The maximum atomic E-state index is 5.91. The second kappa shape index (κ2) is 5.43. The highest BCUT2D eigenvalue weighted by atomic mass is 32.2. The number of nitrogens with zero attached hydrogens (tertiary/aromatic N) is 1. The molecule has 0 amide bonds. The van der Waals surface area contributed by atoms with Crippen LogP contribution in [-0.4, -0.2) is 23.0 Å². The Balaban J connectivity index is 1.88. The molecule has 0 saturated carbocycles. The Hall–Kier alpha value is -0.900. The molecule has 3 nitrogen and oxygen atoms in total. The van der Waals surface area contributed by atoms with E-state index in [2.05, 4.69) is 22.1 Å². The summed E-state index contributed by atoms with van der Waals surface area (Å²) in [6.45, 7) is 3.01. The summed E-state index contributed by atoms with van der Waals surface area (Å²) in [5.74, 6) is 4.21. The first-order valence-electron chi connectivity index (χ1n) is 5.79. The number of pyridine rings is 1. The number of aryl methyl sites for hydroxylation is 1. The molecule has 1 saturated heterocycles. The van der Waals surface area contributed by atoms with Gasteiger partial charge in [0.05, 0.1) is 5.69 Å². The zero-order chi connectivity index (χ0) is 11.4. The topological polar surface area (TPSA) is 50.9 Å². The van der Waals surface area contributed by atoms with E-state index < -0.39 is 0 Å². The van der Waals surface area contributed by atoms with Gasteiger partial charge in [0.15, 0.2) is 0 Å². The fourth-order valence-electron chi connectivity index (χ4n) is 1.93. The van der Waals surface area contributed by atoms with Crippen LogP contribution in [0.15, 0.2) is 12.3 Å². The van der Waals surface area contributed by atoms with Crippen LogP contribution in [0.1, 0.15) is 18.4 Å². The monoisotopic (exact) mass is 237 g/mol. The Kier molecular flexibility index (Phi) is 3.93. The molecule has 0 aromatic carbocycles. The van der Waals surface area contributed by atoms with Crippen LogP contribution in [0.4, 0.5) is 11.5 Å². The molecule has 2 rings (SSSR count). The molecule has 0 radical (unpaired) electrons. The minimum atomic E-state index is 0.755. The van der Waals surface area contributed by atoms with E-state index in [0.717, 1.165) is 29.5 Å². The fourth-order valence-corrected chi connectivity index (χ4v) is 3.14. The number of thioether (sulfide) groups is 1. The zero-order valence-corrected chi connectivity index (χ0v) is 10.5. The number of anilines is 2. The van der Waals surface area contributed by atoms with E-state index in [1.807, 2.05) is 19.2 Å². The molecule has 1 aliphatic rings. The van der Waals surface area contributed by atoms with E-state index in [4.69, 9.17) is 5.73 Å². The van der Waals surface area contributed by atoms with Crippen LogP contribution < -0.4 is 11.1 Å². The molecule has 0 bridgehead atoms. The summed E-state index contributed by atoms with van der Waals surface area (Å²) in [5.41, 5.74) is 7.77. The highest BCUT2D eigenvalue weighted by Crippen LogP contribution is 2.24. The number of rotatable bonds is 3. The lowest BCUT2D eigenvalue weighted by atomic mass is 10.0. The third-order valence-electron chi connectivity index (χ3n) is 2.95. The number of nitrogens with two attached hydrogens (primary N) is 1. The van der Waals surface area contributed by atoms with Crippen molar-refractivity contribution in [3.63, 3.8) is 0 Å². The lowest BCUT2D eigenvalue weighted by molar-refractivity contribution is 0.515. The molecule has 0 unspecified atom stereocenters. The van der Waals surface area contributed by atoms with Gasteiger partial charge in [-0.15, -0.1) is 0 Å². The van der Waals surface area contributed by atoms with E-state index in [-0.39, 0.29) is 0 Å². The van der Waals surface area contributed by atoms with E-state index >= 15 is 0 Å². The number of hydrogen-bond donors (Lipinski definition) is 2. The van der Waals surface area contributed by atoms with Gasteiger partial charge in [0.25, 0.3) is 0 Å². The van der Waals surface area contributed by atoms with Crippen molar-refractivity contribution in [2.75, 3.05) is 29.1 Å². The molecule has 88 valence electrons. The molecule has 1 fully saturated rings. The van der Waals surface area contributed by atoms with Gasteiger partial charge in [-0.25, -0.2) is 4.98 Å². The average Bonchev–Trinajstić information content (AvgIpc) is 2.29. The first kappa shape index (κ1) is 11.6. The smallest absolute Gasteiger partial charge is 0.149 e. The Bertz CT molecular complexity index is 348. The molecule has 4 heteroatoms. The third-order valence-corrected chi connectivity index (χ3v) is 4.00. The van der Waals surface area contributed by atoms with Crippen molar-refractivity contribution in [3.8, 4) is 0 Å². The van der Waals surface area contributed by atoms with E-state index in [1.54, 1.807) is 0 Å². The quantitative estimate of drug-likeness (QED) is 0.848. The molecule has 1 aromatic rings. The van der Waals surface area contributed by atoms with E-state index in [9.17, 15) is 0 Å². The van der Waals surface area contributed by atoms with Crippen LogP contribution in [0, 0.1) is 12.8 Å². The molecule has 16 heavy (non-hydrogen) atoms. The highest BCUT2D eigenvalue weighted by molar-refractivity contribution is 7.99. The van der Waals surface area contributed by atoms with Gasteiger partial charge in [0, 0.05) is 12.7 Å². The Morgan fingerprint density at radius 1 is 1.50 bits per heavy atom. The minimum absolute atomic E-state index is 0.755. The molecule has 3 N–H and O–H groups in total. The first-order chi connectivity index (χ1) is 7.75. The van der Waals surface area contributed by atoms with Gasteiger partial charge in [0.1, 0.15) is 5.82 Å². The molecular weight excluding hydrogens is 218 g/mol. The molecule has 0 aliphatic carbocycles. The fraction of sp³-hybridized carbons (Fsp3) is 0.583. The maximum Gasteiger partial charge on any atom is 0.149 e. The van der Waals surface area contributed by atoms with Crippen molar-refractivity contribution < 1.29 is 0 Å². The molecule has 1 aromatic heterocycles. The van der Waals surface area contributed by atoms with Gasteiger partial charge in [0.2, 0.25) is 0 Å². The number of aromatic nitrogens is 1. The summed E-state index contributed by atoms with van der Waals surface area (Å²) in [6, 6.07) is 1.96. The van der Waals surface area contributed by atoms with Crippen LogP contribution in [-0.2, 0) is 0 Å². The summed E-state index contributed by atoms with van der Waals surface area (Å²) in [4.78, 5) is 4.32. The average molecular weight is 237 g/mol. The number of hydrogen-bond acceptors (Lipinski definition) is 4. The van der Waals surface area contributed by atoms with Crippen molar-refractivity contribution in [3.05, 3.63) is 17.8 Å². The maximum absolute atomic E-state index is 5.91. The summed E-state index contributed by atoms with van der Waals surface area (Å²) in [7, 11) is 0. The molecule has 0 atom stereocenters. The number of nitrogens with one attached hydrogen (secondary N) is 1. The van der Waals surface area contributed by atoms with Crippen molar-refractivity contribution >= 4 is 23.3 Å². The van der Waals surface area contributed by atoms with Crippen LogP contribution in [0.25, 0.3) is 0 Å². The summed E-state index contributed by atoms with van der Waals surface area (Å²) >= 11 is 2.06. The van der Waals surface area contributed by atoms with E-state index in [0.29, 0.717) is 0 Å². The van der Waals surface area contributed by atoms with E-state index in [1.165, 1.54) is 24.3 Å². The Labute approximate surface area is 101 Å². The third kappa shape index (κ3) is 3.04. The SMILES string of the molecule is Cc1cnc(NCC2CCSCC2)c(N)c1. The molecule has 0 spiro atoms. The summed E-state index contributed by atoms with van der Waals surface area (Å²) in [6.07, 6.45) is 4.47. The summed E-state index contributed by atoms with van der Waals surface area (Å²) in [5, 5.41) is 3.36. The summed E-state index contributed by atoms with van der Waals surface area (Å²) < 4.78 is 0. The predicted molar refractivity (Wildman–Crippen MR) is 71.9 cm³/mol. The molecular formula is C12H19N3S. The predicted octanol–water partition coefficient (Wildman–Crippen LogP) is 2.53. The van der Waals surface area contributed by atoms with Crippen LogP contribution in [0.2, 0.25) is 0 Å². The lowest BCUT2D eigenvalue weighted by Crippen LogP contribution is -2.20. The Morgan fingerprint density at radius 3 is 2.94 bits per heavy atom. The molecule has 1 aliphatic heterocycles. The first-order valence-corrected chi connectivity index (χ1v) is 6.95. The molecule has 2 heterocycles. The largest absolute Gasteiger partial charge is 0.396 e. The van der Waals surface area contributed by atoms with Gasteiger partial charge >= 0.3 is 0 Å². The van der Waals surface area contributed by atoms with Crippen LogP contribution in [0.3, 0.4) is 0 Å².